The van der Waals surface area contributed by atoms with Crippen LogP contribution in [0.3, 0.4) is 0 Å². The Morgan fingerprint density at radius 3 is 1.83 bits per heavy atom. The number of aromatic nitrogens is 1. The Bertz CT molecular complexity index is 972. The van der Waals surface area contributed by atoms with E-state index in [4.69, 9.17) is 9.47 Å². The van der Waals surface area contributed by atoms with Crippen molar-refractivity contribution in [3.05, 3.63) is 88.2 Å². The van der Waals surface area contributed by atoms with Crippen molar-refractivity contribution in [1.29, 1.82) is 0 Å². The van der Waals surface area contributed by atoms with E-state index in [1.54, 1.807) is 68.9 Å². The van der Waals surface area contributed by atoms with E-state index in [9.17, 15) is 9.59 Å². The summed E-state index contributed by atoms with van der Waals surface area (Å²) in [6, 6.07) is 17.5. The molecule has 1 heterocycles. The van der Waals surface area contributed by atoms with Gasteiger partial charge in [0.2, 0.25) is 0 Å². The molecule has 0 aliphatic carbocycles. The lowest BCUT2D eigenvalue weighted by Crippen LogP contribution is -2.04. The van der Waals surface area contributed by atoms with Gasteiger partial charge < -0.3 is 14.2 Å². The number of carbonyl (C=O) groups is 2. The van der Waals surface area contributed by atoms with Gasteiger partial charge in [-0.05, 0) is 60.7 Å². The largest absolute Gasteiger partial charge is 0.497 e. The third-order valence-corrected chi connectivity index (χ3v) is 4.54. The summed E-state index contributed by atoms with van der Waals surface area (Å²) >= 11 is 3.36. The molecule has 0 N–H and O–H groups in total. The van der Waals surface area contributed by atoms with Crippen LogP contribution in [-0.4, -0.2) is 38.1 Å². The average molecular weight is 472 g/mol. The van der Waals surface area contributed by atoms with E-state index >= 15 is 0 Å². The van der Waals surface area contributed by atoms with Crippen LogP contribution in [0.2, 0.25) is 0 Å². The van der Waals surface area contributed by atoms with Crippen LogP contribution >= 0.6 is 15.9 Å². The Morgan fingerprint density at radius 1 is 0.833 bits per heavy atom. The maximum Gasteiger partial charge on any atom is 0.337 e. The highest BCUT2D eigenvalue weighted by Gasteiger charge is 2.08. The summed E-state index contributed by atoms with van der Waals surface area (Å²) in [5.74, 6) is 1.18. The number of hydrogen-bond acceptors (Lipinski definition) is 6. The Hall–Kier alpha value is -3.19. The SMILES string of the molecule is COC(=O)c1ccc(OC)cc1.COc1ccc(C(=O)Cc2cc(Br)ccn2)cc1. The summed E-state index contributed by atoms with van der Waals surface area (Å²) in [5, 5.41) is 0. The van der Waals surface area contributed by atoms with E-state index in [0.29, 0.717) is 17.5 Å². The van der Waals surface area contributed by atoms with Crippen molar-refractivity contribution in [3.63, 3.8) is 0 Å². The number of methoxy groups -OCH3 is 3. The summed E-state index contributed by atoms with van der Waals surface area (Å²) in [4.78, 5) is 27.1. The van der Waals surface area contributed by atoms with Gasteiger partial charge >= 0.3 is 5.97 Å². The van der Waals surface area contributed by atoms with Gasteiger partial charge in [0, 0.05) is 21.9 Å². The van der Waals surface area contributed by atoms with Crippen molar-refractivity contribution < 1.29 is 23.8 Å². The summed E-state index contributed by atoms with van der Waals surface area (Å²) in [6.07, 6.45) is 1.98. The summed E-state index contributed by atoms with van der Waals surface area (Å²) in [7, 11) is 4.53. The molecule has 0 bridgehead atoms. The normalized spacial score (nSPS) is 9.73. The van der Waals surface area contributed by atoms with Crippen LogP contribution in [0.15, 0.2) is 71.3 Å². The molecule has 0 saturated carbocycles. The number of carbonyl (C=O) groups excluding carboxylic acids is 2. The second kappa shape index (κ2) is 11.7. The number of ether oxygens (including phenoxy) is 3. The molecular weight excluding hydrogens is 450 g/mol. The van der Waals surface area contributed by atoms with E-state index in [1.165, 1.54) is 7.11 Å². The minimum Gasteiger partial charge on any atom is -0.497 e. The molecule has 156 valence electrons. The molecule has 0 aliphatic heterocycles. The number of halogens is 1. The van der Waals surface area contributed by atoms with Crippen molar-refractivity contribution in [2.24, 2.45) is 0 Å². The van der Waals surface area contributed by atoms with Gasteiger partial charge in [0.15, 0.2) is 5.78 Å². The van der Waals surface area contributed by atoms with Crippen LogP contribution in [-0.2, 0) is 11.2 Å². The first-order valence-corrected chi connectivity index (χ1v) is 9.76. The fraction of sp³-hybridized carbons (Fsp3) is 0.174. The number of benzene rings is 2. The number of Topliss-reactive ketones (excluding diaryl/α,β-unsaturated/α-hetero) is 1. The molecule has 0 spiro atoms. The second-order valence-electron chi connectivity index (χ2n) is 6.01. The van der Waals surface area contributed by atoms with Gasteiger partial charge in [0.25, 0.3) is 0 Å². The van der Waals surface area contributed by atoms with E-state index in [0.717, 1.165) is 21.7 Å². The maximum absolute atomic E-state index is 12.0. The lowest BCUT2D eigenvalue weighted by Gasteiger charge is -2.03. The van der Waals surface area contributed by atoms with E-state index in [-0.39, 0.29) is 11.8 Å². The van der Waals surface area contributed by atoms with Crippen molar-refractivity contribution in [2.75, 3.05) is 21.3 Å². The molecule has 1 aromatic heterocycles. The van der Waals surface area contributed by atoms with Gasteiger partial charge in [-0.1, -0.05) is 15.9 Å². The van der Waals surface area contributed by atoms with Gasteiger partial charge in [-0.3, -0.25) is 9.78 Å². The van der Waals surface area contributed by atoms with Crippen molar-refractivity contribution >= 4 is 27.7 Å². The Balaban J connectivity index is 0.000000232. The smallest absolute Gasteiger partial charge is 0.337 e. The molecule has 0 aliphatic rings. The van der Waals surface area contributed by atoms with Gasteiger partial charge in [0.05, 0.1) is 33.3 Å². The molecule has 30 heavy (non-hydrogen) atoms. The van der Waals surface area contributed by atoms with Crippen molar-refractivity contribution in [2.45, 2.75) is 6.42 Å². The quantitative estimate of drug-likeness (QED) is 0.381. The van der Waals surface area contributed by atoms with E-state index in [2.05, 4.69) is 25.7 Å². The summed E-state index contributed by atoms with van der Waals surface area (Å²) in [5.41, 5.74) is 1.95. The number of pyridine rings is 1. The molecular formula is C23H22BrNO5. The highest BCUT2D eigenvalue weighted by atomic mass is 79.9. The van der Waals surface area contributed by atoms with E-state index < -0.39 is 0 Å². The predicted octanol–water partition coefficient (Wildman–Crippen LogP) is 4.76. The zero-order chi connectivity index (χ0) is 21.9. The van der Waals surface area contributed by atoms with Crippen LogP contribution < -0.4 is 9.47 Å². The zero-order valence-corrected chi connectivity index (χ0v) is 18.5. The van der Waals surface area contributed by atoms with Gasteiger partial charge in [-0.2, -0.15) is 0 Å². The number of rotatable bonds is 6. The van der Waals surface area contributed by atoms with Crippen LogP contribution in [0.5, 0.6) is 11.5 Å². The molecule has 7 heteroatoms. The van der Waals surface area contributed by atoms with Crippen LogP contribution in [0.1, 0.15) is 26.4 Å². The highest BCUT2D eigenvalue weighted by Crippen LogP contribution is 2.15. The molecule has 0 saturated heterocycles. The number of ketones is 1. The molecule has 0 fully saturated rings. The van der Waals surface area contributed by atoms with Crippen LogP contribution in [0.4, 0.5) is 0 Å². The first-order valence-electron chi connectivity index (χ1n) is 8.97. The Labute approximate surface area is 183 Å². The third-order valence-electron chi connectivity index (χ3n) is 4.04. The number of nitrogens with zero attached hydrogens (tertiary/aromatic N) is 1. The lowest BCUT2D eigenvalue weighted by molar-refractivity contribution is 0.0600. The molecule has 3 aromatic rings. The lowest BCUT2D eigenvalue weighted by atomic mass is 10.1. The topological polar surface area (TPSA) is 74.7 Å². The maximum atomic E-state index is 12.0. The minimum absolute atomic E-state index is 0.0447. The Morgan fingerprint density at radius 2 is 1.37 bits per heavy atom. The first kappa shape index (κ1) is 23.1. The molecule has 6 nitrogen and oxygen atoms in total. The summed E-state index contributed by atoms with van der Waals surface area (Å²) < 4.78 is 15.4. The zero-order valence-electron chi connectivity index (χ0n) is 16.9. The summed E-state index contributed by atoms with van der Waals surface area (Å²) in [6.45, 7) is 0. The van der Waals surface area contributed by atoms with Crippen molar-refractivity contribution in [3.8, 4) is 11.5 Å². The van der Waals surface area contributed by atoms with Crippen molar-refractivity contribution in [1.82, 2.24) is 4.98 Å². The second-order valence-corrected chi connectivity index (χ2v) is 6.93. The molecule has 3 rings (SSSR count). The van der Waals surface area contributed by atoms with Crippen LogP contribution in [0.25, 0.3) is 0 Å². The predicted molar refractivity (Wildman–Crippen MR) is 117 cm³/mol. The fourth-order valence-electron chi connectivity index (χ4n) is 2.43. The fourth-order valence-corrected chi connectivity index (χ4v) is 2.82. The first-order chi connectivity index (χ1) is 14.5. The highest BCUT2D eigenvalue weighted by molar-refractivity contribution is 9.10. The molecule has 0 radical (unpaired) electrons. The molecule has 2 aromatic carbocycles. The third kappa shape index (κ3) is 7.00. The molecule has 0 amide bonds. The van der Waals surface area contributed by atoms with E-state index in [1.807, 2.05) is 12.1 Å². The van der Waals surface area contributed by atoms with Gasteiger partial charge in [0.1, 0.15) is 11.5 Å². The van der Waals surface area contributed by atoms with Gasteiger partial charge in [-0.25, -0.2) is 4.79 Å². The van der Waals surface area contributed by atoms with Crippen LogP contribution in [0, 0.1) is 0 Å². The number of hydrogen-bond donors (Lipinski definition) is 0. The molecule has 0 atom stereocenters. The monoisotopic (exact) mass is 471 g/mol. The average Bonchev–Trinajstić information content (AvgIpc) is 2.79. The molecule has 0 unspecified atom stereocenters. The Kier molecular flexibility index (Phi) is 9.03. The van der Waals surface area contributed by atoms with Gasteiger partial charge in [-0.15, -0.1) is 0 Å². The number of esters is 1. The standard InChI is InChI=1S/C14H12BrNO2.C9H10O3/c1-18-13-4-2-10(3-5-13)14(17)9-12-8-11(15)6-7-16-12;1-11-8-5-3-7(4-6-8)9(10)12-2/h2-8H,9H2,1H3;3-6H,1-2H3. The minimum atomic E-state index is -0.336.